The normalized spacial score (nSPS) is 14.1. The molecule has 0 saturated heterocycles. The molecule has 0 unspecified atom stereocenters. The number of hydrogen-bond donors (Lipinski definition) is 1. The molecule has 1 nitrogen and oxygen atoms in total. The molecule has 0 bridgehead atoms. The van der Waals surface area contributed by atoms with Gasteiger partial charge in [0.05, 0.1) is 6.10 Å². The summed E-state index contributed by atoms with van der Waals surface area (Å²) < 4.78 is 0. The van der Waals surface area contributed by atoms with Crippen LogP contribution in [-0.2, 0) is 0 Å². The van der Waals surface area contributed by atoms with Gasteiger partial charge in [-0.2, -0.15) is 0 Å². The van der Waals surface area contributed by atoms with E-state index in [-0.39, 0.29) is 6.10 Å². The highest BCUT2D eigenvalue weighted by atomic mass is 16.3. The van der Waals surface area contributed by atoms with Gasteiger partial charge in [-0.3, -0.25) is 0 Å². The maximum Gasteiger partial charge on any atom is 0.0563 e. The lowest BCUT2D eigenvalue weighted by molar-refractivity contribution is 0.113. The molecule has 0 radical (unpaired) electrons. The number of rotatable bonds is 7. The molecule has 0 rings (SSSR count). The van der Waals surface area contributed by atoms with Gasteiger partial charge in [0.2, 0.25) is 0 Å². The Balaban J connectivity index is 3.16. The fraction of sp³-hybridized carbons (Fsp3) is 1.00. The smallest absolute Gasteiger partial charge is 0.0563 e. The fourth-order valence-electron chi connectivity index (χ4n) is 1.42. The number of aliphatic hydroxyl groups excluding tert-OH is 1. The van der Waals surface area contributed by atoms with Crippen LogP contribution in [0.25, 0.3) is 0 Å². The Morgan fingerprint density at radius 1 is 0.846 bits per heavy atom. The molecule has 80 valence electrons. The standard InChI is InChI=1S/C12H26O/c1-10(2)8-6-5-7-9-12(13)11(3)4/h10-13H,5-9H2,1-4H3/t12-/m1/s1. The van der Waals surface area contributed by atoms with Crippen molar-refractivity contribution < 1.29 is 5.11 Å². The molecule has 1 atom stereocenters. The van der Waals surface area contributed by atoms with E-state index in [4.69, 9.17) is 0 Å². The Kier molecular flexibility index (Phi) is 7.35. The molecule has 0 aromatic carbocycles. The fourth-order valence-corrected chi connectivity index (χ4v) is 1.42. The van der Waals surface area contributed by atoms with Crippen molar-refractivity contribution in [1.82, 2.24) is 0 Å². The lowest BCUT2D eigenvalue weighted by Gasteiger charge is -2.13. The van der Waals surface area contributed by atoms with Crippen molar-refractivity contribution in [2.24, 2.45) is 11.8 Å². The minimum absolute atomic E-state index is 0.0842. The molecular weight excluding hydrogens is 160 g/mol. The van der Waals surface area contributed by atoms with E-state index in [0.717, 1.165) is 12.3 Å². The van der Waals surface area contributed by atoms with Crippen molar-refractivity contribution in [3.8, 4) is 0 Å². The van der Waals surface area contributed by atoms with Crippen LogP contribution in [0, 0.1) is 11.8 Å². The van der Waals surface area contributed by atoms with E-state index in [1.54, 1.807) is 0 Å². The van der Waals surface area contributed by atoms with Gasteiger partial charge in [-0.1, -0.05) is 53.4 Å². The number of unbranched alkanes of at least 4 members (excludes halogenated alkanes) is 2. The quantitative estimate of drug-likeness (QED) is 0.602. The molecule has 1 heteroatoms. The minimum Gasteiger partial charge on any atom is -0.393 e. The Hall–Kier alpha value is -0.0400. The summed E-state index contributed by atoms with van der Waals surface area (Å²) in [5, 5.41) is 9.53. The Morgan fingerprint density at radius 2 is 1.38 bits per heavy atom. The zero-order valence-corrected chi connectivity index (χ0v) is 9.71. The summed E-state index contributed by atoms with van der Waals surface area (Å²) in [6, 6.07) is 0. The molecule has 0 spiro atoms. The maximum absolute atomic E-state index is 9.53. The van der Waals surface area contributed by atoms with Gasteiger partial charge in [-0.05, 0) is 18.3 Å². The third-order valence-electron chi connectivity index (χ3n) is 2.55. The molecule has 0 fully saturated rings. The van der Waals surface area contributed by atoms with Gasteiger partial charge < -0.3 is 5.11 Å². The van der Waals surface area contributed by atoms with E-state index in [2.05, 4.69) is 27.7 Å². The van der Waals surface area contributed by atoms with Crippen LogP contribution < -0.4 is 0 Å². The van der Waals surface area contributed by atoms with Crippen LogP contribution in [0.4, 0.5) is 0 Å². The van der Waals surface area contributed by atoms with Crippen LogP contribution in [0.1, 0.15) is 59.8 Å². The van der Waals surface area contributed by atoms with Gasteiger partial charge in [0.1, 0.15) is 0 Å². The first-order valence-corrected chi connectivity index (χ1v) is 5.72. The van der Waals surface area contributed by atoms with E-state index in [1.807, 2.05) is 0 Å². The van der Waals surface area contributed by atoms with Gasteiger partial charge in [-0.25, -0.2) is 0 Å². The largest absolute Gasteiger partial charge is 0.393 e. The van der Waals surface area contributed by atoms with Crippen molar-refractivity contribution in [3.05, 3.63) is 0 Å². The topological polar surface area (TPSA) is 20.2 Å². The second kappa shape index (κ2) is 7.37. The third kappa shape index (κ3) is 8.29. The molecule has 0 aliphatic rings. The van der Waals surface area contributed by atoms with Gasteiger partial charge in [0.25, 0.3) is 0 Å². The van der Waals surface area contributed by atoms with E-state index >= 15 is 0 Å². The predicted octanol–water partition coefficient (Wildman–Crippen LogP) is 3.61. The van der Waals surface area contributed by atoms with E-state index in [0.29, 0.717) is 5.92 Å². The van der Waals surface area contributed by atoms with Crippen molar-refractivity contribution >= 4 is 0 Å². The molecule has 0 saturated carbocycles. The van der Waals surface area contributed by atoms with Crippen molar-refractivity contribution in [2.45, 2.75) is 65.9 Å². The first kappa shape index (κ1) is 13.0. The van der Waals surface area contributed by atoms with Gasteiger partial charge in [0.15, 0.2) is 0 Å². The van der Waals surface area contributed by atoms with Crippen LogP contribution in [-0.4, -0.2) is 11.2 Å². The van der Waals surface area contributed by atoms with Gasteiger partial charge in [-0.15, -0.1) is 0 Å². The molecule has 0 aromatic rings. The average molecular weight is 186 g/mol. The van der Waals surface area contributed by atoms with Crippen molar-refractivity contribution in [2.75, 3.05) is 0 Å². The molecule has 0 heterocycles. The summed E-state index contributed by atoms with van der Waals surface area (Å²) in [4.78, 5) is 0. The molecule has 0 amide bonds. The highest BCUT2D eigenvalue weighted by Gasteiger charge is 2.07. The van der Waals surface area contributed by atoms with Gasteiger partial charge >= 0.3 is 0 Å². The molecule has 13 heavy (non-hydrogen) atoms. The highest BCUT2D eigenvalue weighted by Crippen LogP contribution is 2.13. The first-order chi connectivity index (χ1) is 6.04. The van der Waals surface area contributed by atoms with E-state index in [9.17, 15) is 5.11 Å². The monoisotopic (exact) mass is 186 g/mol. The summed E-state index contributed by atoms with van der Waals surface area (Å²) >= 11 is 0. The highest BCUT2D eigenvalue weighted by molar-refractivity contribution is 4.59. The minimum atomic E-state index is -0.0842. The van der Waals surface area contributed by atoms with E-state index < -0.39 is 0 Å². The summed E-state index contributed by atoms with van der Waals surface area (Å²) in [7, 11) is 0. The first-order valence-electron chi connectivity index (χ1n) is 5.72. The third-order valence-corrected chi connectivity index (χ3v) is 2.55. The average Bonchev–Trinajstić information content (AvgIpc) is 2.02. The zero-order valence-electron chi connectivity index (χ0n) is 9.71. The predicted molar refractivity (Wildman–Crippen MR) is 58.8 cm³/mol. The van der Waals surface area contributed by atoms with Crippen LogP contribution in [0.3, 0.4) is 0 Å². The zero-order chi connectivity index (χ0) is 10.3. The number of hydrogen-bond acceptors (Lipinski definition) is 1. The second-order valence-corrected chi connectivity index (χ2v) is 4.84. The Morgan fingerprint density at radius 3 is 1.85 bits per heavy atom. The molecule has 0 aliphatic carbocycles. The summed E-state index contributed by atoms with van der Waals surface area (Å²) in [5.74, 6) is 1.25. The van der Waals surface area contributed by atoms with Crippen molar-refractivity contribution in [3.63, 3.8) is 0 Å². The molecule has 1 N–H and O–H groups in total. The summed E-state index contributed by atoms with van der Waals surface area (Å²) in [6.45, 7) is 8.70. The van der Waals surface area contributed by atoms with E-state index in [1.165, 1.54) is 25.7 Å². The lowest BCUT2D eigenvalue weighted by Crippen LogP contribution is -2.13. The Labute approximate surface area is 83.5 Å². The molecule has 0 aliphatic heterocycles. The Bertz CT molecular complexity index is 108. The summed E-state index contributed by atoms with van der Waals surface area (Å²) in [5.41, 5.74) is 0. The second-order valence-electron chi connectivity index (χ2n) is 4.84. The summed E-state index contributed by atoms with van der Waals surface area (Å²) in [6.07, 6.45) is 6.02. The SMILES string of the molecule is CC(C)CCCCC[C@@H](O)C(C)C. The lowest BCUT2D eigenvalue weighted by atomic mass is 9.99. The van der Waals surface area contributed by atoms with Crippen LogP contribution in [0.15, 0.2) is 0 Å². The molecule has 0 aromatic heterocycles. The van der Waals surface area contributed by atoms with Crippen LogP contribution >= 0.6 is 0 Å². The molecular formula is C12H26O. The van der Waals surface area contributed by atoms with Gasteiger partial charge in [0, 0.05) is 0 Å². The maximum atomic E-state index is 9.53. The van der Waals surface area contributed by atoms with Crippen LogP contribution in [0.2, 0.25) is 0 Å². The van der Waals surface area contributed by atoms with Crippen LogP contribution in [0.5, 0.6) is 0 Å². The van der Waals surface area contributed by atoms with Crippen molar-refractivity contribution in [1.29, 1.82) is 0 Å². The number of aliphatic hydroxyl groups is 1.